The van der Waals surface area contributed by atoms with Crippen LogP contribution in [0.1, 0.15) is 31.5 Å². The highest BCUT2D eigenvalue weighted by Gasteiger charge is 2.23. The van der Waals surface area contributed by atoms with Crippen LogP contribution in [0.4, 0.5) is 0 Å². The molecule has 1 saturated heterocycles. The topological polar surface area (TPSA) is 97.6 Å². The summed E-state index contributed by atoms with van der Waals surface area (Å²) in [7, 11) is 0. The molecule has 1 aliphatic rings. The van der Waals surface area contributed by atoms with Gasteiger partial charge in [0.2, 0.25) is 11.3 Å². The fraction of sp³-hybridized carbons (Fsp3) is 0.562. The highest BCUT2D eigenvalue weighted by atomic mass is 32.2. The Morgan fingerprint density at radius 2 is 2.23 bits per heavy atom. The van der Waals surface area contributed by atoms with Crippen molar-refractivity contribution in [2.75, 3.05) is 32.9 Å². The van der Waals surface area contributed by atoms with E-state index in [2.05, 4.69) is 27.1 Å². The molecule has 0 bridgehead atoms. The quantitative estimate of drug-likeness (QED) is 0.668. The van der Waals surface area contributed by atoms with Gasteiger partial charge in [-0.3, -0.25) is 8.58 Å². The van der Waals surface area contributed by atoms with Gasteiger partial charge in [0.05, 0.1) is 31.5 Å². The summed E-state index contributed by atoms with van der Waals surface area (Å²) in [5.41, 5.74) is 2.41. The van der Waals surface area contributed by atoms with Crippen molar-refractivity contribution in [3.63, 3.8) is 0 Å². The summed E-state index contributed by atoms with van der Waals surface area (Å²) >= 11 is -1.47. The number of H-pyrrole nitrogens is 1. The van der Waals surface area contributed by atoms with Gasteiger partial charge < -0.3 is 9.72 Å². The molecule has 9 nitrogen and oxygen atoms in total. The van der Waals surface area contributed by atoms with Gasteiger partial charge in [-0.05, 0) is 12.5 Å². The molecule has 2 atom stereocenters. The maximum atomic E-state index is 12.4. The van der Waals surface area contributed by atoms with E-state index in [1.54, 1.807) is 10.5 Å². The van der Waals surface area contributed by atoms with Crippen molar-refractivity contribution < 1.29 is 13.1 Å². The van der Waals surface area contributed by atoms with Crippen molar-refractivity contribution in [3.8, 4) is 0 Å². The van der Waals surface area contributed by atoms with Gasteiger partial charge in [0.1, 0.15) is 5.82 Å². The van der Waals surface area contributed by atoms with Crippen LogP contribution in [-0.2, 0) is 20.2 Å². The van der Waals surface area contributed by atoms with Crippen LogP contribution in [-0.4, -0.2) is 66.0 Å². The Morgan fingerprint density at radius 1 is 1.38 bits per heavy atom. The van der Waals surface area contributed by atoms with Crippen molar-refractivity contribution >= 4 is 28.1 Å². The van der Waals surface area contributed by atoms with E-state index in [9.17, 15) is 4.21 Å². The smallest absolute Gasteiger partial charge is 0.237 e. The number of fused-ring (bicyclic) bond motifs is 3. The minimum absolute atomic E-state index is 0.000454. The molecule has 4 heterocycles. The molecule has 3 aromatic heterocycles. The third-order valence-corrected chi connectivity index (χ3v) is 5.64. The van der Waals surface area contributed by atoms with Crippen LogP contribution >= 0.6 is 0 Å². The first-order chi connectivity index (χ1) is 12.8. The number of hydrogen-bond donors (Lipinski definition) is 1. The van der Waals surface area contributed by atoms with Gasteiger partial charge in [0, 0.05) is 25.2 Å². The molecular formula is C16H22N6O3S. The van der Waals surface area contributed by atoms with Gasteiger partial charge in [0.15, 0.2) is 11.3 Å². The standard InChI is InChI=1S/C16H22N6O3S/c1-2-3-12(11-25-26(23)21-6-8-24-9-7-21)16-20-19-14-10-18-15-13(22(14)16)4-5-17-15/h4-5,10,12,17H,2-3,6-9,11H2,1H3. The van der Waals surface area contributed by atoms with Crippen LogP contribution in [0.5, 0.6) is 0 Å². The molecule has 26 heavy (non-hydrogen) atoms. The van der Waals surface area contributed by atoms with E-state index in [4.69, 9.17) is 8.92 Å². The number of ether oxygens (including phenoxy) is 1. The average molecular weight is 378 g/mol. The van der Waals surface area contributed by atoms with Crippen molar-refractivity contribution in [2.45, 2.75) is 25.7 Å². The number of morpholine rings is 1. The maximum absolute atomic E-state index is 12.4. The summed E-state index contributed by atoms with van der Waals surface area (Å²) in [6.45, 7) is 4.85. The van der Waals surface area contributed by atoms with E-state index in [0.717, 1.165) is 29.8 Å². The zero-order valence-electron chi connectivity index (χ0n) is 14.6. The lowest BCUT2D eigenvalue weighted by Gasteiger charge is -2.25. The van der Waals surface area contributed by atoms with Gasteiger partial charge in [-0.15, -0.1) is 10.2 Å². The fourth-order valence-corrected chi connectivity index (χ4v) is 4.09. The number of nitrogens with zero attached hydrogens (tertiary/aromatic N) is 5. The highest BCUT2D eigenvalue weighted by Crippen LogP contribution is 2.24. The van der Waals surface area contributed by atoms with Crippen LogP contribution < -0.4 is 0 Å². The first-order valence-electron chi connectivity index (χ1n) is 8.83. The van der Waals surface area contributed by atoms with Gasteiger partial charge in [-0.25, -0.2) is 9.19 Å². The number of aromatic nitrogens is 5. The van der Waals surface area contributed by atoms with Gasteiger partial charge in [-0.2, -0.15) is 4.31 Å². The third-order valence-electron chi connectivity index (χ3n) is 4.52. The molecule has 2 unspecified atom stereocenters. The SMILES string of the molecule is CCCC(COS(=O)N1CCOCC1)c1nnc2cnc3[nH]ccc3n12. The Labute approximate surface area is 153 Å². The fourth-order valence-electron chi connectivity index (χ4n) is 3.21. The summed E-state index contributed by atoms with van der Waals surface area (Å²) in [6, 6.07) is 1.96. The Hall–Kier alpha value is -1.88. The van der Waals surface area contributed by atoms with Gasteiger partial charge >= 0.3 is 0 Å². The van der Waals surface area contributed by atoms with Gasteiger partial charge in [0.25, 0.3) is 0 Å². The van der Waals surface area contributed by atoms with Crippen LogP contribution in [0, 0.1) is 0 Å². The van der Waals surface area contributed by atoms with E-state index in [1.165, 1.54) is 0 Å². The van der Waals surface area contributed by atoms with Crippen LogP contribution in [0.25, 0.3) is 16.8 Å². The molecule has 10 heteroatoms. The Morgan fingerprint density at radius 3 is 3.04 bits per heavy atom. The van der Waals surface area contributed by atoms with E-state index < -0.39 is 11.3 Å². The lowest BCUT2D eigenvalue weighted by molar-refractivity contribution is 0.0701. The molecule has 0 spiro atoms. The lowest BCUT2D eigenvalue weighted by atomic mass is 10.0. The van der Waals surface area contributed by atoms with Crippen molar-refractivity contribution in [2.24, 2.45) is 0 Å². The Bertz CT molecular complexity index is 904. The van der Waals surface area contributed by atoms with E-state index in [0.29, 0.717) is 38.6 Å². The van der Waals surface area contributed by atoms with Crippen molar-refractivity contribution in [1.29, 1.82) is 0 Å². The van der Waals surface area contributed by atoms with E-state index in [1.807, 2.05) is 16.7 Å². The molecule has 3 aromatic rings. The largest absolute Gasteiger partial charge is 0.379 e. The molecule has 0 saturated carbocycles. The molecule has 0 amide bonds. The van der Waals surface area contributed by atoms with Crippen molar-refractivity contribution in [3.05, 3.63) is 24.3 Å². The lowest BCUT2D eigenvalue weighted by Crippen LogP contribution is -2.38. The monoisotopic (exact) mass is 378 g/mol. The summed E-state index contributed by atoms with van der Waals surface area (Å²) in [4.78, 5) is 7.45. The summed E-state index contributed by atoms with van der Waals surface area (Å²) in [6.07, 6.45) is 5.38. The molecule has 0 aliphatic carbocycles. The molecule has 0 radical (unpaired) electrons. The average Bonchev–Trinajstić information content (AvgIpc) is 3.31. The summed E-state index contributed by atoms with van der Waals surface area (Å²) < 4.78 is 27.2. The minimum atomic E-state index is -1.47. The Balaban J connectivity index is 1.57. The first kappa shape index (κ1) is 17.5. The number of rotatable bonds is 7. The molecule has 1 aliphatic heterocycles. The van der Waals surface area contributed by atoms with E-state index in [-0.39, 0.29) is 5.92 Å². The maximum Gasteiger partial charge on any atom is 0.237 e. The second kappa shape index (κ2) is 7.78. The summed E-state index contributed by atoms with van der Waals surface area (Å²) in [5.74, 6) is 0.813. The van der Waals surface area contributed by atoms with Crippen LogP contribution in [0.15, 0.2) is 18.5 Å². The number of aromatic amines is 1. The second-order valence-electron chi connectivity index (χ2n) is 6.25. The molecule has 4 rings (SSSR count). The number of hydrogen-bond acceptors (Lipinski definition) is 6. The zero-order valence-corrected chi connectivity index (χ0v) is 15.4. The number of nitrogens with one attached hydrogen (secondary N) is 1. The molecular weight excluding hydrogens is 356 g/mol. The minimum Gasteiger partial charge on any atom is -0.379 e. The van der Waals surface area contributed by atoms with Gasteiger partial charge in [-0.1, -0.05) is 13.3 Å². The highest BCUT2D eigenvalue weighted by molar-refractivity contribution is 7.77. The first-order valence-corrected chi connectivity index (χ1v) is 9.86. The summed E-state index contributed by atoms with van der Waals surface area (Å²) in [5, 5.41) is 8.63. The predicted octanol–water partition coefficient (Wildman–Crippen LogP) is 1.42. The van der Waals surface area contributed by atoms with Crippen LogP contribution in [0.2, 0.25) is 0 Å². The predicted molar refractivity (Wildman–Crippen MR) is 96.8 cm³/mol. The molecule has 1 N–H and O–H groups in total. The molecule has 0 aromatic carbocycles. The normalized spacial score (nSPS) is 18.5. The second-order valence-corrected chi connectivity index (χ2v) is 7.44. The van der Waals surface area contributed by atoms with E-state index >= 15 is 0 Å². The van der Waals surface area contributed by atoms with Crippen LogP contribution in [0.3, 0.4) is 0 Å². The zero-order chi connectivity index (χ0) is 17.9. The van der Waals surface area contributed by atoms with Crippen molar-refractivity contribution in [1.82, 2.24) is 28.9 Å². The molecule has 140 valence electrons. The third kappa shape index (κ3) is 3.37. The Kier molecular flexibility index (Phi) is 5.25. The molecule has 1 fully saturated rings.